The van der Waals surface area contributed by atoms with Crippen LogP contribution in [0.4, 0.5) is 0 Å². The van der Waals surface area contributed by atoms with Crippen LogP contribution >= 0.6 is 0 Å². The molecule has 2 aliphatic rings. The molecule has 1 aromatic heterocycles. The molecular formula is C20H25N3O2. The number of hydrogen-bond donors (Lipinski definition) is 0. The predicted octanol–water partition coefficient (Wildman–Crippen LogP) is 2.74. The minimum absolute atomic E-state index is 0.260. The van der Waals surface area contributed by atoms with E-state index in [1.807, 2.05) is 11.1 Å². The number of ether oxygens (including phenoxy) is 1. The van der Waals surface area contributed by atoms with Crippen LogP contribution in [-0.4, -0.2) is 40.6 Å². The summed E-state index contributed by atoms with van der Waals surface area (Å²) in [4.78, 5) is 19.2. The van der Waals surface area contributed by atoms with Crippen molar-refractivity contribution < 1.29 is 9.53 Å². The molecule has 0 radical (unpaired) electrons. The first-order chi connectivity index (χ1) is 12.2. The normalized spacial score (nSPS) is 22.4. The number of rotatable bonds is 4. The van der Waals surface area contributed by atoms with E-state index in [-0.39, 0.29) is 5.92 Å². The quantitative estimate of drug-likeness (QED) is 0.860. The Bertz CT molecular complexity index is 783. The lowest BCUT2D eigenvalue weighted by atomic mass is 10.1. The van der Waals surface area contributed by atoms with E-state index in [4.69, 9.17) is 4.74 Å². The van der Waals surface area contributed by atoms with E-state index in [1.165, 1.54) is 0 Å². The Labute approximate surface area is 148 Å². The molecule has 0 N–H and O–H groups in total. The fourth-order valence-corrected chi connectivity index (χ4v) is 3.77. The van der Waals surface area contributed by atoms with Gasteiger partial charge < -0.3 is 14.2 Å². The summed E-state index contributed by atoms with van der Waals surface area (Å²) in [5.74, 6) is 2.23. The van der Waals surface area contributed by atoms with Gasteiger partial charge in [-0.3, -0.25) is 4.79 Å². The number of hydrogen-bond acceptors (Lipinski definition) is 3. The van der Waals surface area contributed by atoms with E-state index in [2.05, 4.69) is 40.7 Å². The molecule has 1 aliphatic heterocycles. The maximum Gasteiger partial charge on any atom is 0.226 e. The Morgan fingerprint density at radius 1 is 1.32 bits per heavy atom. The second-order valence-electron chi connectivity index (χ2n) is 7.24. The van der Waals surface area contributed by atoms with E-state index in [0.29, 0.717) is 18.4 Å². The summed E-state index contributed by atoms with van der Waals surface area (Å²) in [6, 6.07) is 8.41. The van der Waals surface area contributed by atoms with E-state index >= 15 is 0 Å². The lowest BCUT2D eigenvalue weighted by Gasteiger charge is -2.20. The number of fused-ring (bicyclic) bond motifs is 1. The van der Waals surface area contributed by atoms with Crippen LogP contribution in [0.2, 0.25) is 0 Å². The molecule has 1 fully saturated rings. The van der Waals surface area contributed by atoms with Crippen molar-refractivity contribution in [2.75, 3.05) is 20.2 Å². The van der Waals surface area contributed by atoms with Crippen LogP contribution in [0.15, 0.2) is 30.5 Å². The molecule has 1 aromatic carbocycles. The van der Waals surface area contributed by atoms with Crippen LogP contribution in [0.25, 0.3) is 11.3 Å². The van der Waals surface area contributed by atoms with Gasteiger partial charge in [-0.15, -0.1) is 0 Å². The van der Waals surface area contributed by atoms with Crippen LogP contribution in [0.3, 0.4) is 0 Å². The van der Waals surface area contributed by atoms with Gasteiger partial charge in [0.25, 0.3) is 0 Å². The van der Waals surface area contributed by atoms with Crippen molar-refractivity contribution in [3.63, 3.8) is 0 Å². The number of benzene rings is 1. The van der Waals surface area contributed by atoms with Crippen LogP contribution in [0.1, 0.15) is 24.7 Å². The highest BCUT2D eigenvalue weighted by atomic mass is 16.5. The fourth-order valence-electron chi connectivity index (χ4n) is 3.77. The Hall–Kier alpha value is -2.14. The Balaban J connectivity index is 1.55. The van der Waals surface area contributed by atoms with Crippen LogP contribution in [0, 0.1) is 11.8 Å². The molecule has 0 bridgehead atoms. The van der Waals surface area contributed by atoms with Crippen molar-refractivity contribution >= 4 is 5.91 Å². The summed E-state index contributed by atoms with van der Waals surface area (Å²) in [6.45, 7) is 5.14. The minimum atomic E-state index is 0.260. The van der Waals surface area contributed by atoms with Gasteiger partial charge in [0.1, 0.15) is 5.82 Å². The Morgan fingerprint density at radius 2 is 2.16 bits per heavy atom. The minimum Gasteiger partial charge on any atom is -0.380 e. The lowest BCUT2D eigenvalue weighted by molar-refractivity contribution is -0.132. The first-order valence-electron chi connectivity index (χ1n) is 9.09. The number of nitrogens with zero attached hydrogens (tertiary/aromatic N) is 3. The molecule has 2 aromatic rings. The predicted molar refractivity (Wildman–Crippen MR) is 95.9 cm³/mol. The van der Waals surface area contributed by atoms with Gasteiger partial charge in [-0.25, -0.2) is 4.98 Å². The number of aromatic nitrogens is 2. The van der Waals surface area contributed by atoms with Gasteiger partial charge in [0.2, 0.25) is 5.91 Å². The van der Waals surface area contributed by atoms with E-state index in [9.17, 15) is 4.79 Å². The number of imidazole rings is 1. The highest BCUT2D eigenvalue weighted by Crippen LogP contribution is 2.39. The summed E-state index contributed by atoms with van der Waals surface area (Å²) in [6.07, 6.45) is 3.84. The molecule has 5 heteroatoms. The molecule has 2 heterocycles. The zero-order chi connectivity index (χ0) is 17.4. The molecule has 2 unspecified atom stereocenters. The zero-order valence-corrected chi connectivity index (χ0v) is 14.9. The largest absolute Gasteiger partial charge is 0.380 e. The van der Waals surface area contributed by atoms with Crippen molar-refractivity contribution in [3.8, 4) is 11.3 Å². The third-order valence-corrected chi connectivity index (χ3v) is 5.41. The molecule has 1 aliphatic carbocycles. The van der Waals surface area contributed by atoms with Crippen LogP contribution in [-0.2, 0) is 29.1 Å². The number of amides is 1. The summed E-state index contributed by atoms with van der Waals surface area (Å²) < 4.78 is 7.52. The van der Waals surface area contributed by atoms with Gasteiger partial charge in [-0.2, -0.15) is 0 Å². The first kappa shape index (κ1) is 16.3. The van der Waals surface area contributed by atoms with Crippen molar-refractivity contribution in [1.82, 2.24) is 14.5 Å². The topological polar surface area (TPSA) is 47.4 Å². The summed E-state index contributed by atoms with van der Waals surface area (Å²) in [5.41, 5.74) is 3.44. The molecule has 2 atom stereocenters. The Morgan fingerprint density at radius 3 is 2.92 bits per heavy atom. The molecule has 1 saturated carbocycles. The van der Waals surface area contributed by atoms with Crippen molar-refractivity contribution in [1.29, 1.82) is 0 Å². The van der Waals surface area contributed by atoms with E-state index < -0.39 is 0 Å². The average Bonchev–Trinajstić information content (AvgIpc) is 3.27. The average molecular weight is 339 g/mol. The second kappa shape index (κ2) is 6.64. The standard InChI is InChI=1S/C20H25N3O2/c1-14-10-17(14)20(24)22-7-6-19-21-12-18(23(19)9-8-22)16-5-3-4-15(11-16)13-25-2/h3-5,11-12,14,17H,6-10,13H2,1-2H3. The van der Waals surface area contributed by atoms with Gasteiger partial charge in [0.15, 0.2) is 0 Å². The molecule has 0 spiro atoms. The third kappa shape index (κ3) is 3.21. The number of carbonyl (C=O) groups excluding carboxylic acids is 1. The molecule has 4 rings (SSSR count). The van der Waals surface area contributed by atoms with Crippen molar-refractivity contribution in [2.24, 2.45) is 11.8 Å². The van der Waals surface area contributed by atoms with Gasteiger partial charge in [0, 0.05) is 44.6 Å². The third-order valence-electron chi connectivity index (χ3n) is 5.41. The van der Waals surface area contributed by atoms with Gasteiger partial charge >= 0.3 is 0 Å². The number of methoxy groups -OCH3 is 1. The maximum atomic E-state index is 12.6. The molecule has 132 valence electrons. The van der Waals surface area contributed by atoms with Crippen LogP contribution in [0.5, 0.6) is 0 Å². The van der Waals surface area contributed by atoms with Crippen molar-refractivity contribution in [2.45, 2.75) is 32.9 Å². The van der Waals surface area contributed by atoms with Crippen LogP contribution < -0.4 is 0 Å². The first-order valence-corrected chi connectivity index (χ1v) is 9.09. The highest BCUT2D eigenvalue weighted by Gasteiger charge is 2.41. The lowest BCUT2D eigenvalue weighted by Crippen LogP contribution is -2.35. The summed E-state index contributed by atoms with van der Waals surface area (Å²) in [7, 11) is 1.71. The zero-order valence-electron chi connectivity index (χ0n) is 14.9. The fraction of sp³-hybridized carbons (Fsp3) is 0.500. The number of carbonyl (C=O) groups is 1. The van der Waals surface area contributed by atoms with Crippen molar-refractivity contribution in [3.05, 3.63) is 41.9 Å². The molecule has 1 amide bonds. The van der Waals surface area contributed by atoms with Gasteiger partial charge in [-0.05, 0) is 24.0 Å². The smallest absolute Gasteiger partial charge is 0.226 e. The van der Waals surface area contributed by atoms with Gasteiger partial charge in [0.05, 0.1) is 18.5 Å². The van der Waals surface area contributed by atoms with Gasteiger partial charge in [-0.1, -0.05) is 25.1 Å². The summed E-state index contributed by atoms with van der Waals surface area (Å²) >= 11 is 0. The van der Waals surface area contributed by atoms with E-state index in [0.717, 1.165) is 55.1 Å². The maximum absolute atomic E-state index is 12.6. The van der Waals surface area contributed by atoms with E-state index in [1.54, 1.807) is 7.11 Å². The monoisotopic (exact) mass is 339 g/mol. The molecule has 25 heavy (non-hydrogen) atoms. The molecule has 5 nitrogen and oxygen atoms in total. The second-order valence-corrected chi connectivity index (χ2v) is 7.24. The molecular weight excluding hydrogens is 314 g/mol. The molecule has 0 saturated heterocycles. The Kier molecular flexibility index (Phi) is 4.34. The highest BCUT2D eigenvalue weighted by molar-refractivity contribution is 5.81. The summed E-state index contributed by atoms with van der Waals surface area (Å²) in [5, 5.41) is 0. The SMILES string of the molecule is COCc1cccc(-c2cnc3n2CCN(C(=O)C2CC2C)CC3)c1.